The summed E-state index contributed by atoms with van der Waals surface area (Å²) >= 11 is 0. The molecule has 2 aliphatic heterocycles. The van der Waals surface area contributed by atoms with Gasteiger partial charge in [0.1, 0.15) is 11.9 Å². The van der Waals surface area contributed by atoms with Crippen LogP contribution in [0.2, 0.25) is 0 Å². The van der Waals surface area contributed by atoms with Crippen molar-refractivity contribution in [3.63, 3.8) is 0 Å². The number of carboxylic acid groups (broad SMARTS) is 1. The van der Waals surface area contributed by atoms with Gasteiger partial charge in [0.15, 0.2) is 0 Å². The molecule has 1 N–H and O–H groups in total. The van der Waals surface area contributed by atoms with Gasteiger partial charge in [-0.3, -0.25) is 9.59 Å². The predicted octanol–water partition coefficient (Wildman–Crippen LogP) is 2.06. The van der Waals surface area contributed by atoms with Crippen molar-refractivity contribution < 1.29 is 23.9 Å². The van der Waals surface area contributed by atoms with Crippen LogP contribution in [0, 0.1) is 18.2 Å². The lowest BCUT2D eigenvalue weighted by Crippen LogP contribution is -2.44. The van der Waals surface area contributed by atoms with Crippen molar-refractivity contribution >= 4 is 17.8 Å². The highest BCUT2D eigenvalue weighted by molar-refractivity contribution is 5.94. The summed E-state index contributed by atoms with van der Waals surface area (Å²) in [7, 11) is 0. The van der Waals surface area contributed by atoms with E-state index in [4.69, 9.17) is 0 Å². The summed E-state index contributed by atoms with van der Waals surface area (Å²) in [6.45, 7) is 4.41. The number of rotatable bonds is 2. The molecular weight excluding hydrogens is 339 g/mol. The number of aryl methyl sites for hydroxylation is 1. The molecule has 3 rings (SSSR count). The molecule has 2 saturated heterocycles. The van der Waals surface area contributed by atoms with E-state index in [-0.39, 0.29) is 17.2 Å². The van der Waals surface area contributed by atoms with Gasteiger partial charge in [-0.2, -0.15) is 0 Å². The first-order valence-corrected chi connectivity index (χ1v) is 8.78. The van der Waals surface area contributed by atoms with E-state index in [1.807, 2.05) is 0 Å². The number of halogens is 1. The van der Waals surface area contributed by atoms with Crippen LogP contribution in [0.15, 0.2) is 18.2 Å². The van der Waals surface area contributed by atoms with E-state index in [1.54, 1.807) is 24.0 Å². The van der Waals surface area contributed by atoms with E-state index in [9.17, 15) is 23.9 Å². The van der Waals surface area contributed by atoms with Crippen LogP contribution in [0.4, 0.5) is 4.39 Å². The average molecular weight is 362 g/mol. The first-order chi connectivity index (χ1) is 12.2. The van der Waals surface area contributed by atoms with Crippen molar-refractivity contribution in [3.8, 4) is 0 Å². The summed E-state index contributed by atoms with van der Waals surface area (Å²) in [5, 5.41) is 9.39. The maximum atomic E-state index is 13.7. The van der Waals surface area contributed by atoms with Gasteiger partial charge in [0.2, 0.25) is 5.91 Å². The van der Waals surface area contributed by atoms with Crippen molar-refractivity contribution in [2.45, 2.75) is 39.2 Å². The van der Waals surface area contributed by atoms with Crippen molar-refractivity contribution in [1.29, 1.82) is 0 Å². The second-order valence-corrected chi connectivity index (χ2v) is 7.46. The van der Waals surface area contributed by atoms with Gasteiger partial charge >= 0.3 is 5.97 Å². The van der Waals surface area contributed by atoms with E-state index in [1.165, 1.54) is 17.9 Å². The first-order valence-electron chi connectivity index (χ1n) is 8.78. The summed E-state index contributed by atoms with van der Waals surface area (Å²) in [5.41, 5.74) is 0.558. The Bertz CT molecular complexity index is 732. The quantitative estimate of drug-likeness (QED) is 0.874. The highest BCUT2D eigenvalue weighted by atomic mass is 19.1. The van der Waals surface area contributed by atoms with Gasteiger partial charge in [-0.05, 0) is 49.3 Å². The van der Waals surface area contributed by atoms with Crippen LogP contribution in [-0.4, -0.2) is 58.4 Å². The zero-order valence-corrected chi connectivity index (χ0v) is 15.0. The highest BCUT2D eigenvalue weighted by Gasteiger charge is 2.49. The van der Waals surface area contributed by atoms with Crippen molar-refractivity contribution in [2.75, 3.05) is 19.6 Å². The second kappa shape index (κ2) is 6.70. The molecule has 1 aromatic carbocycles. The smallest absolute Gasteiger partial charge is 0.326 e. The molecule has 7 heteroatoms. The Kier molecular flexibility index (Phi) is 4.73. The maximum Gasteiger partial charge on any atom is 0.326 e. The number of amides is 2. The summed E-state index contributed by atoms with van der Waals surface area (Å²) in [5.74, 6) is -1.83. The molecule has 2 aliphatic rings. The molecule has 0 aromatic heterocycles. The van der Waals surface area contributed by atoms with E-state index in [0.29, 0.717) is 50.0 Å². The fraction of sp³-hybridized carbons (Fsp3) is 0.526. The molecule has 0 aliphatic carbocycles. The van der Waals surface area contributed by atoms with Crippen LogP contribution in [0.5, 0.6) is 0 Å². The zero-order chi connectivity index (χ0) is 19.1. The second-order valence-electron chi connectivity index (χ2n) is 7.46. The Labute approximate surface area is 151 Å². The van der Waals surface area contributed by atoms with Crippen LogP contribution in [0.25, 0.3) is 0 Å². The van der Waals surface area contributed by atoms with Gasteiger partial charge in [-0.15, -0.1) is 0 Å². The van der Waals surface area contributed by atoms with Gasteiger partial charge in [0.25, 0.3) is 5.91 Å². The standard InChI is InChI=1S/C19H23FN2O4/c1-12-3-4-14(9-15(12)20)17(24)21-7-5-19(6-8-21)10-16(18(25)26)22(11-19)13(2)23/h3-4,9,16H,5-8,10-11H2,1-2H3,(H,25,26)/t16-/m0/s1. The lowest BCUT2D eigenvalue weighted by molar-refractivity contribution is -0.147. The summed E-state index contributed by atoms with van der Waals surface area (Å²) < 4.78 is 13.7. The molecule has 0 saturated carbocycles. The number of hydrogen-bond acceptors (Lipinski definition) is 3. The molecule has 6 nitrogen and oxygen atoms in total. The van der Waals surface area contributed by atoms with Gasteiger partial charge in [0.05, 0.1) is 0 Å². The van der Waals surface area contributed by atoms with Crippen LogP contribution in [0.1, 0.15) is 42.1 Å². The summed E-state index contributed by atoms with van der Waals surface area (Å²) in [6, 6.07) is 3.68. The highest BCUT2D eigenvalue weighted by Crippen LogP contribution is 2.43. The minimum Gasteiger partial charge on any atom is -0.480 e. The first kappa shape index (κ1) is 18.4. The average Bonchev–Trinajstić information content (AvgIpc) is 2.97. The van der Waals surface area contributed by atoms with Gasteiger partial charge < -0.3 is 14.9 Å². The van der Waals surface area contributed by atoms with Crippen molar-refractivity contribution in [3.05, 3.63) is 35.1 Å². The van der Waals surface area contributed by atoms with Gasteiger partial charge in [-0.1, -0.05) is 6.07 Å². The summed E-state index contributed by atoms with van der Waals surface area (Å²) in [4.78, 5) is 39.0. The van der Waals surface area contributed by atoms with E-state index in [2.05, 4.69) is 0 Å². The van der Waals surface area contributed by atoms with E-state index < -0.39 is 17.8 Å². The van der Waals surface area contributed by atoms with Gasteiger partial charge in [0, 0.05) is 32.1 Å². The number of carbonyl (C=O) groups excluding carboxylic acids is 2. The molecule has 1 atom stereocenters. The van der Waals surface area contributed by atoms with Crippen LogP contribution < -0.4 is 0 Å². The summed E-state index contributed by atoms with van der Waals surface area (Å²) in [6.07, 6.45) is 1.70. The Balaban J connectivity index is 1.69. The van der Waals surface area contributed by atoms with Gasteiger partial charge in [-0.25, -0.2) is 9.18 Å². The van der Waals surface area contributed by atoms with Crippen LogP contribution in [-0.2, 0) is 9.59 Å². The topological polar surface area (TPSA) is 77.9 Å². The number of benzene rings is 1. The number of nitrogens with zero attached hydrogens (tertiary/aromatic N) is 2. The molecule has 0 radical (unpaired) electrons. The van der Waals surface area contributed by atoms with Crippen LogP contribution in [0.3, 0.4) is 0 Å². The number of carboxylic acids is 1. The third-order valence-corrected chi connectivity index (χ3v) is 5.73. The normalized spacial score (nSPS) is 21.9. The fourth-order valence-electron chi connectivity index (χ4n) is 4.06. The number of hydrogen-bond donors (Lipinski definition) is 1. The predicted molar refractivity (Wildman–Crippen MR) is 92.1 cm³/mol. The minimum atomic E-state index is -0.981. The number of likely N-dealkylation sites (tertiary alicyclic amines) is 2. The van der Waals surface area contributed by atoms with E-state index in [0.717, 1.165) is 0 Å². The number of piperidine rings is 1. The monoisotopic (exact) mass is 362 g/mol. The SMILES string of the molecule is CC(=O)N1CC2(CCN(C(=O)c3ccc(C)c(F)c3)CC2)C[C@H]1C(=O)O. The molecule has 2 fully saturated rings. The third kappa shape index (κ3) is 3.30. The molecule has 2 heterocycles. The molecule has 2 amide bonds. The Morgan fingerprint density at radius 3 is 2.38 bits per heavy atom. The lowest BCUT2D eigenvalue weighted by atomic mass is 9.76. The van der Waals surface area contributed by atoms with Crippen molar-refractivity contribution in [1.82, 2.24) is 9.80 Å². The Morgan fingerprint density at radius 1 is 1.23 bits per heavy atom. The fourth-order valence-corrected chi connectivity index (χ4v) is 4.06. The molecule has 26 heavy (non-hydrogen) atoms. The lowest BCUT2D eigenvalue weighted by Gasteiger charge is -2.39. The molecule has 1 spiro atoms. The van der Waals surface area contributed by atoms with Crippen molar-refractivity contribution in [2.24, 2.45) is 5.41 Å². The molecular formula is C19H23FN2O4. The Hall–Kier alpha value is -2.44. The molecule has 0 unspecified atom stereocenters. The Morgan fingerprint density at radius 2 is 1.88 bits per heavy atom. The number of carbonyl (C=O) groups is 3. The maximum absolute atomic E-state index is 13.7. The van der Waals surface area contributed by atoms with E-state index >= 15 is 0 Å². The zero-order valence-electron chi connectivity index (χ0n) is 15.0. The molecule has 0 bridgehead atoms. The largest absolute Gasteiger partial charge is 0.480 e. The molecule has 140 valence electrons. The number of aliphatic carboxylic acids is 1. The van der Waals surface area contributed by atoms with Crippen LogP contribution >= 0.6 is 0 Å². The minimum absolute atomic E-state index is 0.213. The third-order valence-electron chi connectivity index (χ3n) is 5.73. The molecule has 1 aromatic rings.